The number of likely N-dealkylation sites (N-methyl/N-ethyl adjacent to an activating group) is 1. The van der Waals surface area contributed by atoms with Crippen LogP contribution < -0.4 is 10.6 Å². The van der Waals surface area contributed by atoms with Gasteiger partial charge < -0.3 is 10.6 Å². The van der Waals surface area contributed by atoms with Crippen LogP contribution in [0.1, 0.15) is 18.4 Å². The van der Waals surface area contributed by atoms with E-state index in [0.29, 0.717) is 0 Å². The van der Waals surface area contributed by atoms with Gasteiger partial charge in [-0.3, -0.25) is 4.90 Å². The normalized spacial score (nSPS) is 21.6. The lowest BCUT2D eigenvalue weighted by Crippen LogP contribution is -2.31. The molecule has 4 heteroatoms. The number of carbonyl (C=O) groups excluding carboxylic acids is 1. The van der Waals surface area contributed by atoms with Gasteiger partial charge in [0.15, 0.2) is 0 Å². The number of nitrogens with two attached hydrogens (primary N) is 1. The van der Waals surface area contributed by atoms with Crippen LogP contribution in [-0.4, -0.2) is 36.6 Å². The van der Waals surface area contributed by atoms with E-state index in [0.717, 1.165) is 38.0 Å². The average Bonchev–Trinajstić information content (AvgIpc) is 2.99. The summed E-state index contributed by atoms with van der Waals surface area (Å²) in [6.07, 6.45) is 3.06. The lowest BCUT2D eigenvalue weighted by Gasteiger charge is -2.21. The van der Waals surface area contributed by atoms with Gasteiger partial charge in [0.05, 0.1) is 0 Å². The summed E-state index contributed by atoms with van der Waals surface area (Å²) in [4.78, 5) is 15.7. The molecule has 1 saturated carbocycles. The first-order valence-corrected chi connectivity index (χ1v) is 6.48. The van der Waals surface area contributed by atoms with Crippen LogP contribution in [0.5, 0.6) is 0 Å². The van der Waals surface area contributed by atoms with Gasteiger partial charge in [-0.1, -0.05) is 18.2 Å². The molecule has 0 unspecified atom stereocenters. The number of nitrogens with zero attached hydrogens (tertiary/aromatic N) is 2. The summed E-state index contributed by atoms with van der Waals surface area (Å²) in [7, 11) is 1.84. The van der Waals surface area contributed by atoms with Gasteiger partial charge >= 0.3 is 6.03 Å². The minimum absolute atomic E-state index is 0.0230. The van der Waals surface area contributed by atoms with E-state index in [2.05, 4.69) is 6.07 Å². The number of urea groups is 1. The van der Waals surface area contributed by atoms with Crippen LogP contribution in [-0.2, 0) is 6.42 Å². The fourth-order valence-electron chi connectivity index (χ4n) is 2.51. The molecule has 0 radical (unpaired) electrons. The number of rotatable bonds is 3. The third-order valence-electron chi connectivity index (χ3n) is 3.93. The van der Waals surface area contributed by atoms with E-state index in [1.54, 1.807) is 4.90 Å². The monoisotopic (exact) mass is 245 g/mol. The molecule has 1 aromatic carbocycles. The number of carbonyl (C=O) groups is 1. The van der Waals surface area contributed by atoms with Gasteiger partial charge in [0.1, 0.15) is 0 Å². The van der Waals surface area contributed by atoms with Crippen LogP contribution in [0.25, 0.3) is 0 Å². The average molecular weight is 245 g/mol. The summed E-state index contributed by atoms with van der Waals surface area (Å²) in [5.41, 5.74) is 8.40. The van der Waals surface area contributed by atoms with Gasteiger partial charge in [-0.05, 0) is 30.9 Å². The molecule has 1 aliphatic heterocycles. The highest BCUT2D eigenvalue weighted by Gasteiger charge is 2.39. The van der Waals surface area contributed by atoms with Crippen molar-refractivity contribution >= 4 is 11.7 Å². The molecule has 1 heterocycles. The lowest BCUT2D eigenvalue weighted by atomic mass is 10.0. The zero-order chi connectivity index (χ0) is 12.8. The molecule has 3 rings (SSSR count). The molecular formula is C14H19N3O. The lowest BCUT2D eigenvalue weighted by molar-refractivity contribution is 0.229. The third-order valence-corrected chi connectivity index (χ3v) is 3.93. The van der Waals surface area contributed by atoms with E-state index in [-0.39, 0.29) is 11.6 Å². The maximum Gasteiger partial charge on any atom is 0.324 e. The molecule has 1 aromatic rings. The van der Waals surface area contributed by atoms with Crippen molar-refractivity contribution in [2.45, 2.75) is 24.8 Å². The number of hydrogen-bond acceptors (Lipinski definition) is 2. The van der Waals surface area contributed by atoms with Crippen molar-refractivity contribution in [2.24, 2.45) is 5.73 Å². The Balaban J connectivity index is 1.89. The topological polar surface area (TPSA) is 49.6 Å². The Kier molecular flexibility index (Phi) is 2.55. The van der Waals surface area contributed by atoms with Crippen molar-refractivity contribution in [1.82, 2.24) is 4.90 Å². The molecule has 2 aliphatic rings. The van der Waals surface area contributed by atoms with Crippen molar-refractivity contribution in [2.75, 3.05) is 25.0 Å². The number of para-hydroxylation sites is 1. The number of anilines is 1. The largest absolute Gasteiger partial charge is 0.326 e. The van der Waals surface area contributed by atoms with Crippen molar-refractivity contribution in [3.63, 3.8) is 0 Å². The molecule has 96 valence electrons. The smallest absolute Gasteiger partial charge is 0.324 e. The van der Waals surface area contributed by atoms with E-state index in [1.807, 2.05) is 30.1 Å². The Labute approximate surface area is 107 Å². The molecule has 0 atom stereocenters. The summed E-state index contributed by atoms with van der Waals surface area (Å²) in [5.74, 6) is 0. The Morgan fingerprint density at radius 3 is 2.61 bits per heavy atom. The SMILES string of the molecule is CN1CCN(c2ccccc2CC2(N)CC2)C1=O. The van der Waals surface area contributed by atoms with Gasteiger partial charge in [0.2, 0.25) is 0 Å². The molecule has 2 N–H and O–H groups in total. The maximum atomic E-state index is 12.1. The second-order valence-corrected chi connectivity index (χ2v) is 5.52. The van der Waals surface area contributed by atoms with Gasteiger partial charge in [-0.2, -0.15) is 0 Å². The van der Waals surface area contributed by atoms with Crippen LogP contribution in [0.3, 0.4) is 0 Å². The summed E-state index contributed by atoms with van der Waals surface area (Å²) in [6.45, 7) is 1.56. The summed E-state index contributed by atoms with van der Waals surface area (Å²) >= 11 is 0. The molecule has 0 aromatic heterocycles. The molecule has 2 fully saturated rings. The first-order chi connectivity index (χ1) is 8.59. The van der Waals surface area contributed by atoms with Crippen LogP contribution in [0.2, 0.25) is 0 Å². The quantitative estimate of drug-likeness (QED) is 0.879. The zero-order valence-corrected chi connectivity index (χ0v) is 10.7. The second-order valence-electron chi connectivity index (χ2n) is 5.52. The van der Waals surface area contributed by atoms with Crippen molar-refractivity contribution < 1.29 is 4.79 Å². The number of hydrogen-bond donors (Lipinski definition) is 1. The van der Waals surface area contributed by atoms with Gasteiger partial charge in [0.25, 0.3) is 0 Å². The van der Waals surface area contributed by atoms with Gasteiger partial charge in [0, 0.05) is 31.4 Å². The van der Waals surface area contributed by atoms with E-state index in [4.69, 9.17) is 5.73 Å². The highest BCUT2D eigenvalue weighted by atomic mass is 16.2. The van der Waals surface area contributed by atoms with E-state index in [1.165, 1.54) is 5.56 Å². The molecule has 2 amide bonds. The molecular weight excluding hydrogens is 226 g/mol. The van der Waals surface area contributed by atoms with Crippen LogP contribution in [0.15, 0.2) is 24.3 Å². The standard InChI is InChI=1S/C14H19N3O/c1-16-8-9-17(13(16)18)12-5-3-2-4-11(12)10-14(15)6-7-14/h2-5H,6-10,15H2,1H3. The van der Waals surface area contributed by atoms with Gasteiger partial charge in [-0.25, -0.2) is 4.79 Å². The maximum absolute atomic E-state index is 12.1. The molecule has 1 aliphatic carbocycles. The highest BCUT2D eigenvalue weighted by Crippen LogP contribution is 2.38. The zero-order valence-electron chi connectivity index (χ0n) is 10.7. The Morgan fingerprint density at radius 1 is 1.28 bits per heavy atom. The predicted molar refractivity (Wildman–Crippen MR) is 71.7 cm³/mol. The molecule has 4 nitrogen and oxygen atoms in total. The Bertz CT molecular complexity index is 482. The molecule has 0 spiro atoms. The first-order valence-electron chi connectivity index (χ1n) is 6.48. The molecule has 18 heavy (non-hydrogen) atoms. The third kappa shape index (κ3) is 1.97. The summed E-state index contributed by atoms with van der Waals surface area (Å²) < 4.78 is 0. The number of benzene rings is 1. The minimum Gasteiger partial charge on any atom is -0.326 e. The van der Waals surface area contributed by atoms with E-state index >= 15 is 0 Å². The Morgan fingerprint density at radius 2 is 2.00 bits per heavy atom. The fourth-order valence-corrected chi connectivity index (χ4v) is 2.51. The van der Waals surface area contributed by atoms with E-state index < -0.39 is 0 Å². The van der Waals surface area contributed by atoms with Crippen LogP contribution in [0.4, 0.5) is 10.5 Å². The van der Waals surface area contributed by atoms with Crippen LogP contribution >= 0.6 is 0 Å². The van der Waals surface area contributed by atoms with Crippen molar-refractivity contribution in [1.29, 1.82) is 0 Å². The highest BCUT2D eigenvalue weighted by molar-refractivity contribution is 5.94. The molecule has 0 bridgehead atoms. The van der Waals surface area contributed by atoms with E-state index in [9.17, 15) is 4.79 Å². The van der Waals surface area contributed by atoms with Crippen molar-refractivity contribution in [3.8, 4) is 0 Å². The first kappa shape index (κ1) is 11.5. The van der Waals surface area contributed by atoms with Crippen LogP contribution in [0, 0.1) is 0 Å². The molecule has 1 saturated heterocycles. The fraction of sp³-hybridized carbons (Fsp3) is 0.500. The van der Waals surface area contributed by atoms with Crippen molar-refractivity contribution in [3.05, 3.63) is 29.8 Å². The number of amides is 2. The summed E-state index contributed by atoms with van der Waals surface area (Å²) in [6, 6.07) is 8.21. The minimum atomic E-state index is -0.0230. The Hall–Kier alpha value is -1.55. The second kappa shape index (κ2) is 3.99. The predicted octanol–water partition coefficient (Wildman–Crippen LogP) is 1.59. The summed E-state index contributed by atoms with van der Waals surface area (Å²) in [5, 5.41) is 0. The van der Waals surface area contributed by atoms with Gasteiger partial charge in [-0.15, -0.1) is 0 Å².